The zero-order valence-electron chi connectivity index (χ0n) is 16.9. The number of carbonyl (C=O) groups is 5. The number of nitrogens with one attached hydrogen (secondary N) is 4. The highest BCUT2D eigenvalue weighted by Crippen LogP contribution is 2.01. The molecule has 1 rings (SSSR count). The lowest BCUT2D eigenvalue weighted by Crippen LogP contribution is -2.58. The number of hydrogen-bond donors (Lipinski definition) is 9. The molecule has 1 aromatic rings. The van der Waals surface area contributed by atoms with E-state index < -0.39 is 60.4 Å². The Balaban J connectivity index is 2.70. The molecule has 0 bridgehead atoms. The van der Waals surface area contributed by atoms with Crippen molar-refractivity contribution >= 4 is 42.3 Å². The molecule has 0 saturated heterocycles. The quantitative estimate of drug-likeness (QED) is 0.121. The molecule has 15 heteroatoms. The van der Waals surface area contributed by atoms with Gasteiger partial charge < -0.3 is 42.0 Å². The molecule has 0 aliphatic heterocycles. The number of nitrogens with two attached hydrogens (primary N) is 1. The second kappa shape index (κ2) is 13.3. The van der Waals surface area contributed by atoms with Gasteiger partial charge in [-0.2, -0.15) is 12.6 Å². The van der Waals surface area contributed by atoms with Crippen molar-refractivity contribution in [3.8, 4) is 0 Å². The van der Waals surface area contributed by atoms with Crippen LogP contribution in [-0.4, -0.2) is 91.5 Å². The van der Waals surface area contributed by atoms with Gasteiger partial charge in [-0.1, -0.05) is 0 Å². The van der Waals surface area contributed by atoms with E-state index in [1.165, 1.54) is 12.5 Å². The molecule has 0 radical (unpaired) electrons. The summed E-state index contributed by atoms with van der Waals surface area (Å²) in [5.41, 5.74) is 6.03. The Bertz CT molecular complexity index is 805. The van der Waals surface area contributed by atoms with Gasteiger partial charge in [0.15, 0.2) is 0 Å². The maximum absolute atomic E-state index is 12.4. The molecule has 3 amide bonds. The van der Waals surface area contributed by atoms with Gasteiger partial charge in [-0.25, -0.2) is 9.78 Å². The highest BCUT2D eigenvalue weighted by molar-refractivity contribution is 7.80. The SMILES string of the molecule is NC(CCC(=O)O)C(=O)NC(CS)C(=O)NC(CO)C(=O)NC(Cc1cnc[nH]1)C(=O)O. The summed E-state index contributed by atoms with van der Waals surface area (Å²) >= 11 is 3.96. The fourth-order valence-corrected chi connectivity index (χ4v) is 2.70. The molecule has 1 heterocycles. The summed E-state index contributed by atoms with van der Waals surface area (Å²) in [6.07, 6.45) is 2.11. The van der Waals surface area contributed by atoms with E-state index in [4.69, 9.17) is 10.8 Å². The van der Waals surface area contributed by atoms with Gasteiger partial charge in [0.2, 0.25) is 17.7 Å². The first-order valence-corrected chi connectivity index (χ1v) is 10.0. The number of carboxylic acids is 2. The Hall–Kier alpha value is -3.17. The Kier molecular flexibility index (Phi) is 11.2. The van der Waals surface area contributed by atoms with Gasteiger partial charge in [-0.15, -0.1) is 0 Å². The van der Waals surface area contributed by atoms with E-state index in [0.29, 0.717) is 5.69 Å². The summed E-state index contributed by atoms with van der Waals surface area (Å²) in [4.78, 5) is 65.3. The maximum Gasteiger partial charge on any atom is 0.326 e. The average Bonchev–Trinajstić information content (AvgIpc) is 3.25. The van der Waals surface area contributed by atoms with Crippen LogP contribution in [0.15, 0.2) is 12.5 Å². The molecule has 32 heavy (non-hydrogen) atoms. The van der Waals surface area contributed by atoms with Gasteiger partial charge >= 0.3 is 11.9 Å². The molecular weight excluding hydrogens is 448 g/mol. The third kappa shape index (κ3) is 8.91. The molecule has 0 spiro atoms. The number of hydrogen-bond acceptors (Lipinski definition) is 9. The highest BCUT2D eigenvalue weighted by atomic mass is 32.1. The number of amides is 3. The van der Waals surface area contributed by atoms with Crippen LogP contribution >= 0.6 is 12.6 Å². The second-order valence-corrected chi connectivity index (χ2v) is 7.07. The summed E-state index contributed by atoms with van der Waals surface area (Å²) in [7, 11) is 0. The Morgan fingerprint density at radius 2 is 1.62 bits per heavy atom. The zero-order chi connectivity index (χ0) is 24.3. The standard InChI is InChI=1S/C17H26N6O8S/c18-9(1-2-13(25)26)14(27)23-12(6-32)16(29)22-11(5-24)15(28)21-10(17(30)31)3-8-4-19-7-20-8/h4,7,9-12,24,32H,1-3,5-6,18H2,(H,19,20)(H,21,28)(H,22,29)(H,23,27)(H,25,26)(H,30,31). The van der Waals surface area contributed by atoms with Crippen LogP contribution in [0.4, 0.5) is 0 Å². The molecule has 0 fully saturated rings. The van der Waals surface area contributed by atoms with E-state index >= 15 is 0 Å². The van der Waals surface area contributed by atoms with Gasteiger partial charge in [0.05, 0.1) is 19.0 Å². The summed E-state index contributed by atoms with van der Waals surface area (Å²) in [5.74, 6) is -5.31. The third-order valence-electron chi connectivity index (χ3n) is 4.23. The van der Waals surface area contributed by atoms with Gasteiger partial charge in [0.25, 0.3) is 0 Å². The van der Waals surface area contributed by atoms with Gasteiger partial charge in [0.1, 0.15) is 18.1 Å². The maximum atomic E-state index is 12.4. The monoisotopic (exact) mass is 474 g/mol. The number of aliphatic carboxylic acids is 2. The van der Waals surface area contributed by atoms with Crippen molar-refractivity contribution in [3.05, 3.63) is 18.2 Å². The molecule has 14 nitrogen and oxygen atoms in total. The topological polar surface area (TPSA) is 237 Å². The number of nitrogens with zero attached hydrogens (tertiary/aromatic N) is 1. The number of carbonyl (C=O) groups excluding carboxylic acids is 3. The predicted octanol–water partition coefficient (Wildman–Crippen LogP) is -3.39. The molecular formula is C17H26N6O8S. The van der Waals surface area contributed by atoms with Crippen molar-refractivity contribution < 1.29 is 39.3 Å². The molecule has 0 aliphatic carbocycles. The number of aromatic amines is 1. The number of aliphatic hydroxyl groups is 1. The molecule has 4 atom stereocenters. The Labute approximate surface area is 187 Å². The fourth-order valence-electron chi connectivity index (χ4n) is 2.44. The number of imidazole rings is 1. The molecule has 0 saturated carbocycles. The normalized spacial score (nSPS) is 14.5. The number of rotatable bonds is 14. The van der Waals surface area contributed by atoms with Crippen LogP contribution < -0.4 is 21.7 Å². The summed E-state index contributed by atoms with van der Waals surface area (Å²) in [6, 6.07) is -5.30. The second-order valence-electron chi connectivity index (χ2n) is 6.71. The van der Waals surface area contributed by atoms with Crippen molar-refractivity contribution in [1.82, 2.24) is 25.9 Å². The average molecular weight is 474 g/mol. The van der Waals surface area contributed by atoms with E-state index in [-0.39, 0.29) is 25.0 Å². The minimum Gasteiger partial charge on any atom is -0.481 e. The van der Waals surface area contributed by atoms with Crippen LogP contribution in [0, 0.1) is 0 Å². The lowest BCUT2D eigenvalue weighted by Gasteiger charge is -2.23. The number of aliphatic hydroxyl groups excluding tert-OH is 1. The van der Waals surface area contributed by atoms with E-state index in [1.54, 1.807) is 0 Å². The fraction of sp³-hybridized carbons (Fsp3) is 0.529. The van der Waals surface area contributed by atoms with E-state index in [1.807, 2.05) is 0 Å². The van der Waals surface area contributed by atoms with Crippen molar-refractivity contribution in [2.45, 2.75) is 43.4 Å². The minimum absolute atomic E-state index is 0.114. The lowest BCUT2D eigenvalue weighted by atomic mass is 10.1. The third-order valence-corrected chi connectivity index (χ3v) is 4.60. The van der Waals surface area contributed by atoms with Gasteiger partial charge in [0, 0.05) is 30.5 Å². The van der Waals surface area contributed by atoms with Crippen LogP contribution in [-0.2, 0) is 30.4 Å². The first-order valence-electron chi connectivity index (χ1n) is 9.39. The van der Waals surface area contributed by atoms with Crippen LogP contribution in [0.1, 0.15) is 18.5 Å². The summed E-state index contributed by atoms with van der Waals surface area (Å²) in [6.45, 7) is -0.848. The van der Waals surface area contributed by atoms with Crippen LogP contribution in [0.5, 0.6) is 0 Å². The molecule has 9 N–H and O–H groups in total. The Morgan fingerprint density at radius 3 is 2.12 bits per heavy atom. The highest BCUT2D eigenvalue weighted by Gasteiger charge is 2.29. The summed E-state index contributed by atoms with van der Waals surface area (Å²) < 4.78 is 0. The van der Waals surface area contributed by atoms with Crippen LogP contribution in [0.2, 0.25) is 0 Å². The van der Waals surface area contributed by atoms with Crippen LogP contribution in [0.25, 0.3) is 0 Å². The number of H-pyrrole nitrogens is 1. The van der Waals surface area contributed by atoms with Crippen molar-refractivity contribution in [2.75, 3.05) is 12.4 Å². The van der Waals surface area contributed by atoms with E-state index in [0.717, 1.165) is 0 Å². The largest absolute Gasteiger partial charge is 0.481 e. The molecule has 4 unspecified atom stereocenters. The van der Waals surface area contributed by atoms with Gasteiger partial charge in [-0.05, 0) is 6.42 Å². The first-order chi connectivity index (χ1) is 15.1. The van der Waals surface area contributed by atoms with Crippen molar-refractivity contribution in [1.29, 1.82) is 0 Å². The zero-order valence-corrected chi connectivity index (χ0v) is 17.7. The van der Waals surface area contributed by atoms with E-state index in [9.17, 15) is 34.2 Å². The number of thiol groups is 1. The molecule has 0 aromatic carbocycles. The molecule has 0 aliphatic rings. The van der Waals surface area contributed by atoms with Crippen LogP contribution in [0.3, 0.4) is 0 Å². The predicted molar refractivity (Wildman–Crippen MR) is 112 cm³/mol. The number of carboxylic acid groups (broad SMARTS) is 2. The first kappa shape index (κ1) is 26.9. The minimum atomic E-state index is -1.51. The van der Waals surface area contributed by atoms with Crippen molar-refractivity contribution in [2.24, 2.45) is 5.73 Å². The molecule has 1 aromatic heterocycles. The van der Waals surface area contributed by atoms with E-state index in [2.05, 4.69) is 38.5 Å². The molecule has 178 valence electrons. The lowest BCUT2D eigenvalue weighted by molar-refractivity contribution is -0.142. The van der Waals surface area contributed by atoms with Crippen molar-refractivity contribution in [3.63, 3.8) is 0 Å². The van der Waals surface area contributed by atoms with Gasteiger partial charge in [-0.3, -0.25) is 19.2 Å². The number of aromatic nitrogens is 2. The Morgan fingerprint density at radius 1 is 1.03 bits per heavy atom. The summed E-state index contributed by atoms with van der Waals surface area (Å²) in [5, 5.41) is 34.1. The smallest absolute Gasteiger partial charge is 0.326 e.